The zero-order valence-corrected chi connectivity index (χ0v) is 12.0. The van der Waals surface area contributed by atoms with Crippen molar-refractivity contribution in [3.05, 3.63) is 46.7 Å². The lowest BCUT2D eigenvalue weighted by Crippen LogP contribution is -2.24. The van der Waals surface area contributed by atoms with Gasteiger partial charge in [0.1, 0.15) is 0 Å². The number of anilines is 1. The fourth-order valence-corrected chi connectivity index (χ4v) is 1.94. The van der Waals surface area contributed by atoms with Crippen LogP contribution >= 0.6 is 11.6 Å². The number of aromatic amines is 1. The number of H-pyrrole nitrogens is 1. The number of amides is 1. The molecule has 0 aliphatic rings. The summed E-state index contributed by atoms with van der Waals surface area (Å²) in [6, 6.07) is 5.27. The van der Waals surface area contributed by atoms with Crippen LogP contribution in [0.2, 0.25) is 5.02 Å². The molecule has 1 heterocycles. The van der Waals surface area contributed by atoms with Gasteiger partial charge in [-0.15, -0.1) is 0 Å². The van der Waals surface area contributed by atoms with Gasteiger partial charge in [-0.05, 0) is 24.6 Å². The van der Waals surface area contributed by atoms with E-state index in [-0.39, 0.29) is 5.91 Å². The Kier molecular flexibility index (Phi) is 5.01. The Bertz CT molecular complexity index is 569. The van der Waals surface area contributed by atoms with E-state index < -0.39 is 0 Å². The second-order valence-electron chi connectivity index (χ2n) is 4.41. The lowest BCUT2D eigenvalue weighted by molar-refractivity contribution is 0.0951. The van der Waals surface area contributed by atoms with Crippen LogP contribution in [-0.2, 0) is 6.54 Å². The second-order valence-corrected chi connectivity index (χ2v) is 4.84. The minimum atomic E-state index is -0.160. The number of halogens is 1. The summed E-state index contributed by atoms with van der Waals surface area (Å²) in [7, 11) is 0. The number of benzene rings is 1. The van der Waals surface area contributed by atoms with E-state index in [0.717, 1.165) is 24.2 Å². The summed E-state index contributed by atoms with van der Waals surface area (Å²) in [5.41, 5.74) is 2.26. The third-order valence-electron chi connectivity index (χ3n) is 2.80. The first-order valence-electron chi connectivity index (χ1n) is 6.50. The first kappa shape index (κ1) is 14.4. The summed E-state index contributed by atoms with van der Waals surface area (Å²) < 4.78 is 0. The van der Waals surface area contributed by atoms with E-state index in [1.165, 1.54) is 0 Å². The summed E-state index contributed by atoms with van der Waals surface area (Å²) in [6.07, 6.45) is 4.40. The molecule has 0 aliphatic carbocycles. The number of hydrogen-bond acceptors (Lipinski definition) is 3. The van der Waals surface area contributed by atoms with Crippen LogP contribution in [0.15, 0.2) is 30.6 Å². The van der Waals surface area contributed by atoms with Crippen LogP contribution in [-0.4, -0.2) is 22.6 Å². The van der Waals surface area contributed by atoms with Crippen molar-refractivity contribution in [1.29, 1.82) is 0 Å². The standard InChI is InChI=1S/C14H17ClN4O/c1-2-5-16-13-4-3-11(15)6-12(13)14(20)17-7-10-8-18-19-9-10/h3-4,6,8-9,16H,2,5,7H2,1H3,(H,17,20)(H,18,19). The number of carbonyl (C=O) groups is 1. The Morgan fingerprint density at radius 3 is 3.00 bits per heavy atom. The number of hydrogen-bond donors (Lipinski definition) is 3. The van der Waals surface area contributed by atoms with Gasteiger partial charge < -0.3 is 10.6 Å². The molecule has 0 fully saturated rings. The van der Waals surface area contributed by atoms with Crippen molar-refractivity contribution in [3.63, 3.8) is 0 Å². The van der Waals surface area contributed by atoms with Crippen LogP contribution in [0.25, 0.3) is 0 Å². The van der Waals surface area contributed by atoms with E-state index >= 15 is 0 Å². The number of nitrogens with one attached hydrogen (secondary N) is 3. The average molecular weight is 293 g/mol. The fourth-order valence-electron chi connectivity index (χ4n) is 1.77. The first-order chi connectivity index (χ1) is 9.70. The molecule has 0 aliphatic heterocycles. The van der Waals surface area contributed by atoms with E-state index in [4.69, 9.17) is 11.6 Å². The van der Waals surface area contributed by atoms with Gasteiger partial charge in [0.15, 0.2) is 0 Å². The van der Waals surface area contributed by atoms with Crippen LogP contribution in [0.1, 0.15) is 29.3 Å². The van der Waals surface area contributed by atoms with Gasteiger partial charge in [0.05, 0.1) is 11.8 Å². The van der Waals surface area contributed by atoms with E-state index in [1.54, 1.807) is 24.5 Å². The Morgan fingerprint density at radius 2 is 2.30 bits per heavy atom. The predicted molar refractivity (Wildman–Crippen MR) is 80.0 cm³/mol. The van der Waals surface area contributed by atoms with Crippen LogP contribution in [0, 0.1) is 0 Å². The van der Waals surface area contributed by atoms with Gasteiger partial charge in [0.25, 0.3) is 5.91 Å². The molecule has 1 aromatic carbocycles. The summed E-state index contributed by atoms with van der Waals surface area (Å²) in [5.74, 6) is -0.160. The number of carbonyl (C=O) groups excluding carboxylic acids is 1. The smallest absolute Gasteiger partial charge is 0.253 e. The van der Waals surface area contributed by atoms with Gasteiger partial charge in [-0.3, -0.25) is 9.89 Å². The SMILES string of the molecule is CCCNc1ccc(Cl)cc1C(=O)NCc1cn[nH]c1. The summed E-state index contributed by atoms with van der Waals surface area (Å²) >= 11 is 5.97. The maximum absolute atomic E-state index is 12.2. The highest BCUT2D eigenvalue weighted by Gasteiger charge is 2.12. The number of nitrogens with zero attached hydrogens (tertiary/aromatic N) is 1. The van der Waals surface area contributed by atoms with E-state index in [1.807, 2.05) is 6.07 Å². The minimum absolute atomic E-state index is 0.160. The molecule has 5 nitrogen and oxygen atoms in total. The van der Waals surface area contributed by atoms with Gasteiger partial charge in [-0.1, -0.05) is 18.5 Å². The lowest BCUT2D eigenvalue weighted by atomic mass is 10.1. The zero-order valence-electron chi connectivity index (χ0n) is 11.2. The molecule has 0 spiro atoms. The van der Waals surface area contributed by atoms with Gasteiger partial charge in [0.2, 0.25) is 0 Å². The topological polar surface area (TPSA) is 69.8 Å². The molecule has 0 atom stereocenters. The maximum atomic E-state index is 12.2. The van der Waals surface area contributed by atoms with Crippen molar-refractivity contribution in [3.8, 4) is 0 Å². The predicted octanol–water partition coefficient (Wildman–Crippen LogP) is 2.82. The van der Waals surface area contributed by atoms with Gasteiger partial charge >= 0.3 is 0 Å². The second kappa shape index (κ2) is 6.96. The molecule has 1 amide bonds. The zero-order chi connectivity index (χ0) is 14.4. The normalized spacial score (nSPS) is 10.3. The van der Waals surface area contributed by atoms with Crippen molar-refractivity contribution >= 4 is 23.2 Å². The molecule has 2 aromatic rings. The Labute approximate surface area is 122 Å². The molecule has 0 saturated heterocycles. The van der Waals surface area contributed by atoms with Crippen LogP contribution in [0.5, 0.6) is 0 Å². The molecule has 2 rings (SSSR count). The summed E-state index contributed by atoms with van der Waals surface area (Å²) in [6.45, 7) is 3.31. The Hall–Kier alpha value is -2.01. The molecule has 106 valence electrons. The fraction of sp³-hybridized carbons (Fsp3) is 0.286. The van der Waals surface area contributed by atoms with Crippen LogP contribution in [0.4, 0.5) is 5.69 Å². The quantitative estimate of drug-likeness (QED) is 0.767. The molecule has 0 radical (unpaired) electrons. The van der Waals surface area contributed by atoms with Crippen molar-refractivity contribution in [2.75, 3.05) is 11.9 Å². The van der Waals surface area contributed by atoms with E-state index in [2.05, 4.69) is 27.8 Å². The van der Waals surface area contributed by atoms with Crippen molar-refractivity contribution in [1.82, 2.24) is 15.5 Å². The monoisotopic (exact) mass is 292 g/mol. The highest BCUT2D eigenvalue weighted by atomic mass is 35.5. The van der Waals surface area contributed by atoms with Gasteiger partial charge in [-0.25, -0.2) is 0 Å². The molecule has 0 saturated carbocycles. The maximum Gasteiger partial charge on any atom is 0.253 e. The van der Waals surface area contributed by atoms with Crippen molar-refractivity contribution < 1.29 is 4.79 Å². The van der Waals surface area contributed by atoms with Gasteiger partial charge in [0, 0.05) is 35.6 Å². The lowest BCUT2D eigenvalue weighted by Gasteiger charge is -2.12. The molecule has 20 heavy (non-hydrogen) atoms. The summed E-state index contributed by atoms with van der Waals surface area (Å²) in [5, 5.41) is 13.2. The Balaban J connectivity index is 2.08. The molecular formula is C14H17ClN4O. The number of rotatable bonds is 6. The highest BCUT2D eigenvalue weighted by Crippen LogP contribution is 2.20. The average Bonchev–Trinajstić information content (AvgIpc) is 2.96. The summed E-state index contributed by atoms with van der Waals surface area (Å²) in [4.78, 5) is 12.2. The molecular weight excluding hydrogens is 276 g/mol. The molecule has 0 bridgehead atoms. The molecule has 6 heteroatoms. The van der Waals surface area contributed by atoms with Crippen LogP contribution < -0.4 is 10.6 Å². The van der Waals surface area contributed by atoms with E-state index in [9.17, 15) is 4.79 Å². The minimum Gasteiger partial charge on any atom is -0.384 e. The third-order valence-corrected chi connectivity index (χ3v) is 3.03. The molecule has 3 N–H and O–H groups in total. The third kappa shape index (κ3) is 3.74. The molecule has 1 aromatic heterocycles. The molecule has 0 unspecified atom stereocenters. The Morgan fingerprint density at radius 1 is 1.45 bits per heavy atom. The largest absolute Gasteiger partial charge is 0.384 e. The van der Waals surface area contributed by atoms with Crippen molar-refractivity contribution in [2.24, 2.45) is 0 Å². The van der Waals surface area contributed by atoms with Crippen molar-refractivity contribution in [2.45, 2.75) is 19.9 Å². The first-order valence-corrected chi connectivity index (χ1v) is 6.87. The van der Waals surface area contributed by atoms with E-state index in [0.29, 0.717) is 17.1 Å². The number of aromatic nitrogens is 2. The van der Waals surface area contributed by atoms with Gasteiger partial charge in [-0.2, -0.15) is 5.10 Å². The highest BCUT2D eigenvalue weighted by molar-refractivity contribution is 6.31. The van der Waals surface area contributed by atoms with Crippen LogP contribution in [0.3, 0.4) is 0 Å².